The van der Waals surface area contributed by atoms with Gasteiger partial charge in [-0.3, -0.25) is 9.78 Å². The molecule has 7 heteroatoms. The maximum absolute atomic E-state index is 12.8. The second-order valence-electron chi connectivity index (χ2n) is 9.83. The van der Waals surface area contributed by atoms with Crippen molar-refractivity contribution >= 4 is 5.91 Å². The Kier molecular flexibility index (Phi) is 5.91. The van der Waals surface area contributed by atoms with Crippen LogP contribution in [0, 0.1) is 11.8 Å². The first-order valence-electron chi connectivity index (χ1n) is 11.0. The summed E-state index contributed by atoms with van der Waals surface area (Å²) in [6.45, 7) is 9.92. The lowest BCUT2D eigenvalue weighted by atomic mass is 9.94. The van der Waals surface area contributed by atoms with Crippen LogP contribution in [-0.2, 0) is 16.7 Å². The molecule has 7 nitrogen and oxygen atoms in total. The van der Waals surface area contributed by atoms with E-state index in [2.05, 4.69) is 41.5 Å². The van der Waals surface area contributed by atoms with Gasteiger partial charge >= 0.3 is 0 Å². The lowest BCUT2D eigenvalue weighted by molar-refractivity contribution is 0.0607. The number of carbonyl (C=O) groups is 1. The fourth-order valence-corrected chi connectivity index (χ4v) is 4.04. The highest BCUT2D eigenvalue weighted by Gasteiger charge is 2.27. The summed E-state index contributed by atoms with van der Waals surface area (Å²) in [5.74, 6) is 2.20. The van der Waals surface area contributed by atoms with Gasteiger partial charge in [0, 0.05) is 45.0 Å². The Bertz CT molecular complexity index is 891. The van der Waals surface area contributed by atoms with Crippen molar-refractivity contribution in [2.24, 2.45) is 11.8 Å². The van der Waals surface area contributed by atoms with E-state index in [1.807, 2.05) is 7.05 Å². The molecule has 162 valence electrons. The Morgan fingerprint density at radius 2 is 1.83 bits per heavy atom. The number of ether oxygens (including phenoxy) is 1. The highest BCUT2D eigenvalue weighted by molar-refractivity contribution is 5.92. The lowest BCUT2D eigenvalue weighted by Crippen LogP contribution is -2.29. The van der Waals surface area contributed by atoms with E-state index in [1.165, 1.54) is 12.8 Å². The number of nitrogens with zero attached hydrogens (tertiary/aromatic N) is 5. The zero-order valence-electron chi connectivity index (χ0n) is 18.6. The smallest absolute Gasteiger partial charge is 0.273 e. The molecule has 0 atom stereocenters. The molecule has 2 aliphatic rings. The topological polar surface area (TPSA) is 73.1 Å². The minimum Gasteiger partial charge on any atom is -0.381 e. The van der Waals surface area contributed by atoms with Gasteiger partial charge in [0.15, 0.2) is 0 Å². The van der Waals surface area contributed by atoms with Gasteiger partial charge in [-0.1, -0.05) is 20.8 Å². The molecule has 0 radical (unpaired) electrons. The molecule has 0 aromatic carbocycles. The number of imidazole rings is 1. The molecule has 2 fully saturated rings. The van der Waals surface area contributed by atoms with Gasteiger partial charge in [-0.2, -0.15) is 0 Å². The Labute approximate surface area is 178 Å². The Morgan fingerprint density at radius 3 is 2.50 bits per heavy atom. The number of hydrogen-bond donors (Lipinski definition) is 0. The molecule has 2 aromatic heterocycles. The van der Waals surface area contributed by atoms with E-state index in [1.54, 1.807) is 17.3 Å². The predicted octanol–water partition coefficient (Wildman–Crippen LogP) is 3.55. The van der Waals surface area contributed by atoms with E-state index < -0.39 is 0 Å². The molecule has 0 N–H and O–H groups in total. The first kappa shape index (κ1) is 21.0. The lowest BCUT2D eigenvalue weighted by Gasteiger charge is -2.25. The van der Waals surface area contributed by atoms with Gasteiger partial charge in [0.05, 0.1) is 12.4 Å². The van der Waals surface area contributed by atoms with Crippen LogP contribution in [0.3, 0.4) is 0 Å². The number of hydrogen-bond acceptors (Lipinski definition) is 5. The van der Waals surface area contributed by atoms with Crippen LogP contribution >= 0.6 is 0 Å². The normalized spacial score (nSPS) is 17.9. The third-order valence-electron chi connectivity index (χ3n) is 5.93. The van der Waals surface area contributed by atoms with Crippen LogP contribution in [0.25, 0.3) is 11.4 Å². The third kappa shape index (κ3) is 4.89. The fraction of sp³-hybridized carbons (Fsp3) is 0.652. The van der Waals surface area contributed by atoms with E-state index >= 15 is 0 Å². The molecule has 4 rings (SSSR count). The van der Waals surface area contributed by atoms with Crippen LogP contribution in [0.4, 0.5) is 0 Å². The average Bonchev–Trinajstić information content (AvgIpc) is 3.43. The molecule has 0 spiro atoms. The summed E-state index contributed by atoms with van der Waals surface area (Å²) >= 11 is 0. The minimum atomic E-state index is -0.0885. The molecule has 2 aromatic rings. The molecule has 1 aliphatic heterocycles. The molecule has 0 bridgehead atoms. The minimum absolute atomic E-state index is 0.0751. The summed E-state index contributed by atoms with van der Waals surface area (Å²) in [5, 5.41) is 0. The molecule has 1 amide bonds. The largest absolute Gasteiger partial charge is 0.381 e. The van der Waals surface area contributed by atoms with Gasteiger partial charge in [-0.15, -0.1) is 0 Å². The van der Waals surface area contributed by atoms with Crippen molar-refractivity contribution in [3.05, 3.63) is 30.1 Å². The first-order valence-corrected chi connectivity index (χ1v) is 11.0. The molecular formula is C23H33N5O2. The van der Waals surface area contributed by atoms with Crippen molar-refractivity contribution < 1.29 is 9.53 Å². The molecule has 0 unspecified atom stereocenters. The average molecular weight is 412 g/mol. The van der Waals surface area contributed by atoms with Gasteiger partial charge in [0.1, 0.15) is 22.9 Å². The predicted molar refractivity (Wildman–Crippen MR) is 115 cm³/mol. The van der Waals surface area contributed by atoms with Crippen molar-refractivity contribution in [2.45, 2.75) is 58.4 Å². The Balaban J connectivity index is 1.59. The number of carbonyl (C=O) groups excluding carboxylic acids is 1. The van der Waals surface area contributed by atoms with E-state index in [-0.39, 0.29) is 11.3 Å². The SMILES string of the molecule is CN(CC1CC1)C(=O)c1cncc(-c2cn(CC3CCOCC3)c(C(C)(C)C)n2)n1. The summed E-state index contributed by atoms with van der Waals surface area (Å²) in [7, 11) is 1.84. The number of aromatic nitrogens is 4. The maximum Gasteiger partial charge on any atom is 0.273 e. The van der Waals surface area contributed by atoms with Crippen LogP contribution in [0.1, 0.15) is 62.8 Å². The summed E-state index contributed by atoms with van der Waals surface area (Å²) < 4.78 is 7.78. The van der Waals surface area contributed by atoms with Crippen molar-refractivity contribution in [3.63, 3.8) is 0 Å². The monoisotopic (exact) mass is 411 g/mol. The molecular weight excluding hydrogens is 378 g/mol. The van der Waals surface area contributed by atoms with Gasteiger partial charge in [0.2, 0.25) is 0 Å². The highest BCUT2D eigenvalue weighted by Crippen LogP contribution is 2.30. The third-order valence-corrected chi connectivity index (χ3v) is 5.93. The Morgan fingerprint density at radius 1 is 1.10 bits per heavy atom. The van der Waals surface area contributed by atoms with Crippen LogP contribution in [0.15, 0.2) is 18.6 Å². The van der Waals surface area contributed by atoms with Gasteiger partial charge in [-0.25, -0.2) is 9.97 Å². The maximum atomic E-state index is 12.8. The quantitative estimate of drug-likeness (QED) is 0.727. The number of amides is 1. The first-order chi connectivity index (χ1) is 14.3. The van der Waals surface area contributed by atoms with Crippen molar-refractivity contribution in [3.8, 4) is 11.4 Å². The van der Waals surface area contributed by atoms with Crippen LogP contribution < -0.4 is 0 Å². The molecule has 1 aliphatic carbocycles. The highest BCUT2D eigenvalue weighted by atomic mass is 16.5. The number of rotatable bonds is 6. The zero-order valence-corrected chi connectivity index (χ0v) is 18.6. The van der Waals surface area contributed by atoms with Crippen LogP contribution in [-0.4, -0.2) is 57.1 Å². The molecule has 30 heavy (non-hydrogen) atoms. The van der Waals surface area contributed by atoms with Crippen molar-refractivity contribution in [1.82, 2.24) is 24.4 Å². The second kappa shape index (κ2) is 8.46. The van der Waals surface area contributed by atoms with E-state index in [0.717, 1.165) is 50.7 Å². The van der Waals surface area contributed by atoms with Gasteiger partial charge in [0.25, 0.3) is 5.91 Å². The zero-order chi connectivity index (χ0) is 21.3. The summed E-state index contributed by atoms with van der Waals surface area (Å²) in [6, 6.07) is 0. The van der Waals surface area contributed by atoms with Crippen molar-refractivity contribution in [2.75, 3.05) is 26.8 Å². The van der Waals surface area contributed by atoms with E-state index in [9.17, 15) is 4.79 Å². The van der Waals surface area contributed by atoms with Crippen molar-refractivity contribution in [1.29, 1.82) is 0 Å². The van der Waals surface area contributed by atoms with E-state index in [0.29, 0.717) is 23.2 Å². The molecule has 1 saturated carbocycles. The van der Waals surface area contributed by atoms with Crippen LogP contribution in [0.5, 0.6) is 0 Å². The fourth-order valence-electron chi connectivity index (χ4n) is 4.04. The Hall–Kier alpha value is -2.28. The summed E-state index contributed by atoms with van der Waals surface area (Å²) in [4.78, 5) is 28.4. The van der Waals surface area contributed by atoms with Gasteiger partial charge < -0.3 is 14.2 Å². The summed E-state index contributed by atoms with van der Waals surface area (Å²) in [6.07, 6.45) is 9.90. The molecule has 3 heterocycles. The van der Waals surface area contributed by atoms with Crippen LogP contribution in [0.2, 0.25) is 0 Å². The second-order valence-corrected chi connectivity index (χ2v) is 9.83. The molecule has 1 saturated heterocycles. The summed E-state index contributed by atoms with van der Waals surface area (Å²) in [5.41, 5.74) is 1.72. The van der Waals surface area contributed by atoms with Gasteiger partial charge in [-0.05, 0) is 37.5 Å². The van der Waals surface area contributed by atoms with E-state index in [4.69, 9.17) is 9.72 Å². The standard InChI is InChI=1S/C23H33N5O2/c1-23(2,3)22-26-20(15-28(22)14-17-7-9-30-10-8-17)18-11-24-12-19(25-18)21(29)27(4)13-16-5-6-16/h11-12,15-17H,5-10,13-14H2,1-4H3.